The van der Waals surface area contributed by atoms with E-state index in [2.05, 4.69) is 66.1 Å². The van der Waals surface area contributed by atoms with Crippen LogP contribution in [0.4, 0.5) is 0 Å². The molecule has 0 fully saturated rings. The molecule has 0 spiro atoms. The number of hydrogen-bond donors (Lipinski definition) is 0. The average molecular weight is 638 g/mol. The van der Waals surface area contributed by atoms with Gasteiger partial charge in [0, 0.05) is 17.0 Å². The molecule has 0 saturated carbocycles. The third-order valence-electron chi connectivity index (χ3n) is 3.28. The van der Waals surface area contributed by atoms with Gasteiger partial charge in [-0.2, -0.15) is 0 Å². The Morgan fingerprint density at radius 3 is 2.38 bits per heavy atom. The Hall–Kier alpha value is -1.27. The number of hydrogen-bond acceptors (Lipinski definition) is 5. The second-order valence-corrected chi connectivity index (χ2v) is 8.49. The van der Waals surface area contributed by atoms with E-state index in [0.29, 0.717) is 5.75 Å². The molecule has 2 aromatic rings. The monoisotopic (exact) mass is 637 g/mol. The maximum Gasteiger partial charge on any atom is 0.363 e. The minimum atomic E-state index is -0.503. The minimum absolute atomic E-state index is 0.217. The zero-order valence-corrected chi connectivity index (χ0v) is 19.2. The highest BCUT2D eigenvalue weighted by Gasteiger charge is 2.24. The van der Waals surface area contributed by atoms with E-state index in [0.717, 1.165) is 22.7 Å². The highest BCUT2D eigenvalue weighted by molar-refractivity contribution is 14.1. The Balaban J connectivity index is 1.93. The molecule has 0 atom stereocenters. The summed E-state index contributed by atoms with van der Waals surface area (Å²) >= 11 is 7.54. The van der Waals surface area contributed by atoms with Crippen LogP contribution in [0.2, 0.25) is 0 Å². The quantitative estimate of drug-likeness (QED) is 0.207. The Morgan fingerprint density at radius 1 is 1.19 bits per heavy atom. The predicted octanol–water partition coefficient (Wildman–Crippen LogP) is 4.93. The second kappa shape index (κ2) is 8.17. The van der Waals surface area contributed by atoms with Gasteiger partial charge in [0.05, 0.1) is 7.14 Å². The summed E-state index contributed by atoms with van der Waals surface area (Å²) in [6.07, 6.45) is 1.65. The number of cyclic esters (lactones) is 1. The molecule has 0 amide bonds. The maximum atomic E-state index is 12.1. The summed E-state index contributed by atoms with van der Waals surface area (Å²) in [5.41, 5.74) is 1.71. The van der Waals surface area contributed by atoms with E-state index in [4.69, 9.17) is 9.47 Å². The summed E-state index contributed by atoms with van der Waals surface area (Å²) in [5, 5.41) is 0. The van der Waals surface area contributed by atoms with Crippen LogP contribution in [0, 0.1) is 7.14 Å². The molecule has 2 aromatic carbocycles. The van der Waals surface area contributed by atoms with Gasteiger partial charge in [-0.3, -0.25) is 4.79 Å². The van der Waals surface area contributed by atoms with Crippen LogP contribution in [0.3, 0.4) is 0 Å². The molecule has 0 saturated heterocycles. The summed E-state index contributed by atoms with van der Waals surface area (Å²) in [6.45, 7) is 1.36. The lowest BCUT2D eigenvalue weighted by Crippen LogP contribution is -2.05. The molecule has 1 aliphatic rings. The van der Waals surface area contributed by atoms with Crippen LogP contribution in [0.5, 0.6) is 5.75 Å². The van der Waals surface area contributed by atoms with Crippen molar-refractivity contribution in [1.82, 2.24) is 0 Å². The van der Waals surface area contributed by atoms with Gasteiger partial charge in [-0.15, -0.1) is 0 Å². The zero-order valence-electron chi connectivity index (χ0n) is 13.3. The highest BCUT2D eigenvalue weighted by Crippen LogP contribution is 2.30. The Kier molecular flexibility index (Phi) is 6.13. The number of esters is 2. The van der Waals surface area contributed by atoms with Crippen LogP contribution >= 0.6 is 61.1 Å². The molecule has 0 aliphatic carbocycles. The smallest absolute Gasteiger partial charge is 0.363 e. The first kappa shape index (κ1) is 19.5. The van der Waals surface area contributed by atoms with Gasteiger partial charge in [-0.1, -0.05) is 15.9 Å². The SMILES string of the molecule is CC(=O)Oc1c(I)cc(/C=C2\N=C(c3ccc(Br)cc3)OC2=O)cc1I. The summed E-state index contributed by atoms with van der Waals surface area (Å²) in [4.78, 5) is 27.6. The van der Waals surface area contributed by atoms with Gasteiger partial charge in [-0.25, -0.2) is 9.79 Å². The number of rotatable bonds is 3. The average Bonchev–Trinajstić information content (AvgIpc) is 2.92. The van der Waals surface area contributed by atoms with Crippen molar-refractivity contribution in [1.29, 1.82) is 0 Å². The van der Waals surface area contributed by atoms with Crippen molar-refractivity contribution in [2.75, 3.05) is 0 Å². The van der Waals surface area contributed by atoms with E-state index < -0.39 is 5.97 Å². The molecule has 0 N–H and O–H groups in total. The van der Waals surface area contributed by atoms with E-state index in [1.165, 1.54) is 6.92 Å². The molecule has 1 aliphatic heterocycles. The molecule has 8 heteroatoms. The fourth-order valence-electron chi connectivity index (χ4n) is 2.19. The first-order valence-electron chi connectivity index (χ1n) is 7.29. The van der Waals surface area contributed by atoms with Gasteiger partial charge in [-0.05, 0) is 93.2 Å². The van der Waals surface area contributed by atoms with Crippen LogP contribution in [0.25, 0.3) is 6.08 Å². The fraction of sp³-hybridized carbons (Fsp3) is 0.0556. The first-order valence-corrected chi connectivity index (χ1v) is 10.2. The normalized spacial score (nSPS) is 15.0. The van der Waals surface area contributed by atoms with Crippen LogP contribution < -0.4 is 4.74 Å². The first-order chi connectivity index (χ1) is 12.3. The number of benzene rings is 2. The summed E-state index contributed by atoms with van der Waals surface area (Å²) in [7, 11) is 0. The fourth-order valence-corrected chi connectivity index (χ4v) is 4.49. The molecule has 132 valence electrons. The van der Waals surface area contributed by atoms with Crippen molar-refractivity contribution in [3.05, 3.63) is 64.8 Å². The number of halogens is 3. The van der Waals surface area contributed by atoms with Crippen molar-refractivity contribution in [2.45, 2.75) is 6.92 Å². The second-order valence-electron chi connectivity index (χ2n) is 5.25. The van der Waals surface area contributed by atoms with Crippen LogP contribution in [-0.4, -0.2) is 17.8 Å². The van der Waals surface area contributed by atoms with E-state index >= 15 is 0 Å². The van der Waals surface area contributed by atoms with E-state index in [-0.39, 0.29) is 17.6 Å². The summed E-state index contributed by atoms with van der Waals surface area (Å²) in [6, 6.07) is 11.0. The van der Waals surface area contributed by atoms with Crippen LogP contribution in [-0.2, 0) is 14.3 Å². The Labute approximate surface area is 185 Å². The van der Waals surface area contributed by atoms with Crippen molar-refractivity contribution < 1.29 is 19.1 Å². The lowest BCUT2D eigenvalue weighted by molar-refractivity contribution is -0.132. The van der Waals surface area contributed by atoms with Gasteiger partial charge >= 0.3 is 11.9 Å². The van der Waals surface area contributed by atoms with Crippen molar-refractivity contribution >= 4 is 85.0 Å². The molecule has 1 heterocycles. The Bertz CT molecular complexity index is 945. The molecule has 3 rings (SSSR count). The number of carbonyl (C=O) groups is 2. The number of nitrogens with zero attached hydrogens (tertiary/aromatic N) is 1. The van der Waals surface area contributed by atoms with Crippen molar-refractivity contribution in [2.24, 2.45) is 4.99 Å². The number of aliphatic imine (C=N–C) groups is 1. The van der Waals surface area contributed by atoms with E-state index in [1.54, 1.807) is 6.08 Å². The van der Waals surface area contributed by atoms with E-state index in [9.17, 15) is 9.59 Å². The molecule has 0 unspecified atom stereocenters. The lowest BCUT2D eigenvalue weighted by atomic mass is 10.2. The van der Waals surface area contributed by atoms with Crippen LogP contribution in [0.15, 0.2) is 51.6 Å². The van der Waals surface area contributed by atoms with Crippen molar-refractivity contribution in [3.8, 4) is 5.75 Å². The molecular weight excluding hydrogens is 628 g/mol. The third-order valence-corrected chi connectivity index (χ3v) is 5.41. The molecule has 0 bridgehead atoms. The number of ether oxygens (including phenoxy) is 2. The van der Waals surface area contributed by atoms with Crippen LogP contribution in [0.1, 0.15) is 18.1 Å². The standard InChI is InChI=1S/C18H10BrI2NO4/c1-9(23)25-16-13(20)6-10(7-14(16)21)8-15-18(24)26-17(22-15)11-2-4-12(19)5-3-11/h2-8H,1H3/b15-8-. The van der Waals surface area contributed by atoms with Gasteiger partial charge in [0.25, 0.3) is 0 Å². The van der Waals surface area contributed by atoms with Crippen molar-refractivity contribution in [3.63, 3.8) is 0 Å². The molecular formula is C18H10BrI2NO4. The van der Waals surface area contributed by atoms with Gasteiger partial charge in [0.1, 0.15) is 0 Å². The third kappa shape index (κ3) is 4.52. The summed E-state index contributed by atoms with van der Waals surface area (Å²) < 4.78 is 12.9. The highest BCUT2D eigenvalue weighted by atomic mass is 127. The lowest BCUT2D eigenvalue weighted by Gasteiger charge is -2.08. The molecule has 0 radical (unpaired) electrons. The largest absolute Gasteiger partial charge is 0.424 e. The van der Waals surface area contributed by atoms with Gasteiger partial charge in [0.2, 0.25) is 5.90 Å². The van der Waals surface area contributed by atoms with E-state index in [1.807, 2.05) is 36.4 Å². The number of carbonyl (C=O) groups excluding carboxylic acids is 2. The summed E-state index contributed by atoms with van der Waals surface area (Å²) in [5.74, 6) is -0.101. The van der Waals surface area contributed by atoms with Gasteiger partial charge in [0.15, 0.2) is 11.4 Å². The maximum absolute atomic E-state index is 12.1. The minimum Gasteiger partial charge on any atom is -0.424 e. The molecule has 5 nitrogen and oxygen atoms in total. The Morgan fingerprint density at radius 2 is 1.81 bits per heavy atom. The molecule has 26 heavy (non-hydrogen) atoms. The molecule has 0 aromatic heterocycles. The predicted molar refractivity (Wildman–Crippen MR) is 118 cm³/mol. The van der Waals surface area contributed by atoms with Gasteiger partial charge < -0.3 is 9.47 Å². The topological polar surface area (TPSA) is 65.0 Å². The zero-order chi connectivity index (χ0) is 18.8.